The van der Waals surface area contributed by atoms with Crippen LogP contribution in [-0.4, -0.2) is 73.4 Å². The molecule has 6 rings (SSSR count). The molecule has 0 saturated carbocycles. The first kappa shape index (κ1) is 32.5. The smallest absolute Gasteiger partial charge is 0.401 e. The number of aromatic nitrogens is 1. The zero-order chi connectivity index (χ0) is 33.2. The quantitative estimate of drug-likeness (QED) is 0.113. The fourth-order valence-electron chi connectivity index (χ4n) is 6.10. The Kier molecular flexibility index (Phi) is 9.24. The predicted molar refractivity (Wildman–Crippen MR) is 182 cm³/mol. The SMILES string of the molecule is CC(C)(C)[Si](OC1CN(c2nc(C(=O)N(C(=O)OC(c3ccccc3)[N+](=O)[O-])C3CNC3)cs2)C1)(c1ccccc1)c1ccccc1. The number of anilines is 1. The van der Waals surface area contributed by atoms with Gasteiger partial charge in [-0.2, -0.15) is 0 Å². The van der Waals surface area contributed by atoms with Crippen molar-refractivity contribution in [1.29, 1.82) is 0 Å². The number of nitrogens with one attached hydrogen (secondary N) is 1. The largest absolute Gasteiger partial charge is 0.422 e. The van der Waals surface area contributed by atoms with E-state index in [-0.39, 0.29) is 22.4 Å². The number of rotatable bonds is 10. The second-order valence-electron chi connectivity index (χ2n) is 12.7. The third-order valence-corrected chi connectivity index (χ3v) is 14.6. The first-order chi connectivity index (χ1) is 22.6. The zero-order valence-electron chi connectivity index (χ0n) is 26.4. The highest BCUT2D eigenvalue weighted by Crippen LogP contribution is 2.39. The zero-order valence-corrected chi connectivity index (χ0v) is 28.3. The maximum absolute atomic E-state index is 13.7. The van der Waals surface area contributed by atoms with Gasteiger partial charge in [-0.15, -0.1) is 11.3 Å². The van der Waals surface area contributed by atoms with Gasteiger partial charge in [0.15, 0.2) is 5.13 Å². The maximum Gasteiger partial charge on any atom is 0.422 e. The van der Waals surface area contributed by atoms with Crippen molar-refractivity contribution in [2.24, 2.45) is 0 Å². The van der Waals surface area contributed by atoms with Crippen LogP contribution in [0.5, 0.6) is 0 Å². The van der Waals surface area contributed by atoms with Gasteiger partial charge in [-0.25, -0.2) is 14.7 Å². The summed E-state index contributed by atoms with van der Waals surface area (Å²) >= 11 is 1.31. The lowest BCUT2D eigenvalue weighted by atomic mass is 10.1. The Morgan fingerprint density at radius 1 is 0.979 bits per heavy atom. The van der Waals surface area contributed by atoms with Crippen LogP contribution in [0.25, 0.3) is 0 Å². The third-order valence-electron chi connectivity index (χ3n) is 8.62. The molecule has 2 fully saturated rings. The number of nitrogens with zero attached hydrogens (tertiary/aromatic N) is 4. The second-order valence-corrected chi connectivity index (χ2v) is 17.8. The van der Waals surface area contributed by atoms with Gasteiger partial charge < -0.3 is 19.4 Å². The molecule has 1 N–H and O–H groups in total. The molecule has 4 aromatic rings. The number of amides is 2. The van der Waals surface area contributed by atoms with Crippen LogP contribution in [0.3, 0.4) is 0 Å². The van der Waals surface area contributed by atoms with Crippen molar-refractivity contribution in [2.45, 2.75) is 44.2 Å². The molecule has 3 heterocycles. The van der Waals surface area contributed by atoms with Crippen LogP contribution in [-0.2, 0) is 9.16 Å². The standard InChI is InChI=1S/C34H37N5O6SSi/c1-34(2,3)47(27-15-9-5-10-16-27,28-17-11-6-12-18-28)45-26-21-37(22-26)32-36-29(23-46-32)30(40)38(25-19-35-20-25)33(41)44-31(39(42)43)24-13-7-4-8-14-24/h4-18,23,25-26,31,35H,19-22H2,1-3H3. The molecule has 0 aliphatic carbocycles. The number of nitro groups is 1. The van der Waals surface area contributed by atoms with E-state index < -0.39 is 37.5 Å². The molecule has 0 radical (unpaired) electrons. The van der Waals surface area contributed by atoms with Crippen LogP contribution in [0.1, 0.15) is 43.1 Å². The van der Waals surface area contributed by atoms with Gasteiger partial charge in [0, 0.05) is 31.6 Å². The minimum absolute atomic E-state index is 0.0473. The minimum atomic E-state index is -2.72. The summed E-state index contributed by atoms with van der Waals surface area (Å²) in [5, 5.41) is 19.4. The highest BCUT2D eigenvalue weighted by molar-refractivity contribution is 7.14. The molecule has 244 valence electrons. The van der Waals surface area contributed by atoms with E-state index in [0.717, 1.165) is 4.90 Å². The van der Waals surface area contributed by atoms with E-state index in [2.05, 4.69) is 84.5 Å². The van der Waals surface area contributed by atoms with Crippen molar-refractivity contribution in [3.05, 3.63) is 118 Å². The summed E-state index contributed by atoms with van der Waals surface area (Å²) in [4.78, 5) is 45.6. The average molecular weight is 672 g/mol. The number of hydrogen-bond donors (Lipinski definition) is 1. The van der Waals surface area contributed by atoms with Gasteiger partial charge in [-0.3, -0.25) is 14.9 Å². The molecular weight excluding hydrogens is 635 g/mol. The van der Waals surface area contributed by atoms with Crippen LogP contribution >= 0.6 is 11.3 Å². The van der Waals surface area contributed by atoms with Gasteiger partial charge in [0.1, 0.15) is 5.69 Å². The molecule has 11 nitrogen and oxygen atoms in total. The van der Waals surface area contributed by atoms with Crippen LogP contribution in [0.4, 0.5) is 9.93 Å². The Morgan fingerprint density at radius 3 is 2.02 bits per heavy atom. The Bertz CT molecular complexity index is 1670. The van der Waals surface area contributed by atoms with Crippen molar-refractivity contribution in [3.63, 3.8) is 0 Å². The number of thiazole rings is 1. The molecule has 1 unspecified atom stereocenters. The number of benzene rings is 3. The molecule has 2 amide bonds. The fourth-order valence-corrected chi connectivity index (χ4v) is 11.6. The van der Waals surface area contributed by atoms with E-state index >= 15 is 0 Å². The van der Waals surface area contributed by atoms with Crippen LogP contribution in [0, 0.1) is 10.1 Å². The van der Waals surface area contributed by atoms with Gasteiger partial charge in [0.25, 0.3) is 14.2 Å². The van der Waals surface area contributed by atoms with Crippen molar-refractivity contribution in [3.8, 4) is 0 Å². The lowest BCUT2D eigenvalue weighted by Gasteiger charge is -2.49. The van der Waals surface area contributed by atoms with Crippen LogP contribution < -0.4 is 20.6 Å². The average Bonchev–Trinajstić information content (AvgIpc) is 3.51. The minimum Gasteiger partial charge on any atom is -0.401 e. The van der Waals surface area contributed by atoms with Crippen molar-refractivity contribution in [2.75, 3.05) is 31.1 Å². The molecule has 1 aromatic heterocycles. The van der Waals surface area contributed by atoms with Gasteiger partial charge in [-0.05, 0) is 27.5 Å². The molecule has 3 aromatic carbocycles. The van der Waals surface area contributed by atoms with E-state index in [1.807, 2.05) is 12.1 Å². The summed E-state index contributed by atoms with van der Waals surface area (Å²) in [5.74, 6) is -0.653. The van der Waals surface area contributed by atoms with Crippen LogP contribution in [0.2, 0.25) is 5.04 Å². The van der Waals surface area contributed by atoms with Crippen molar-refractivity contribution >= 4 is 47.2 Å². The Balaban J connectivity index is 1.18. The van der Waals surface area contributed by atoms with E-state index in [1.165, 1.54) is 33.8 Å². The van der Waals surface area contributed by atoms with Gasteiger partial charge >= 0.3 is 12.3 Å². The summed E-state index contributed by atoms with van der Waals surface area (Å²) in [6.07, 6.45) is -2.87. The Hall–Kier alpha value is -4.43. The topological polar surface area (TPSA) is 127 Å². The van der Waals surface area contributed by atoms with E-state index in [9.17, 15) is 19.7 Å². The Labute approximate surface area is 278 Å². The van der Waals surface area contributed by atoms with E-state index in [0.29, 0.717) is 31.3 Å². The highest BCUT2D eigenvalue weighted by Gasteiger charge is 2.53. The summed E-state index contributed by atoms with van der Waals surface area (Å²) in [6.45, 7) is 8.67. The third kappa shape index (κ3) is 6.43. The summed E-state index contributed by atoms with van der Waals surface area (Å²) < 4.78 is 12.5. The first-order valence-electron chi connectivity index (χ1n) is 15.5. The van der Waals surface area contributed by atoms with Gasteiger partial charge in [0.05, 0.1) is 22.6 Å². The predicted octanol–water partition coefficient (Wildman–Crippen LogP) is 4.43. The van der Waals surface area contributed by atoms with Crippen molar-refractivity contribution < 1.29 is 23.7 Å². The molecule has 1 atom stereocenters. The summed E-state index contributed by atoms with van der Waals surface area (Å²) in [6, 6.07) is 28.4. The monoisotopic (exact) mass is 671 g/mol. The number of carbonyl (C=O) groups is 2. The molecule has 0 bridgehead atoms. The highest BCUT2D eigenvalue weighted by atomic mass is 32.1. The fraction of sp³-hybridized carbons (Fsp3) is 0.324. The maximum atomic E-state index is 13.7. The Morgan fingerprint density at radius 2 is 1.53 bits per heavy atom. The number of hydrogen-bond acceptors (Lipinski definition) is 10. The summed E-state index contributed by atoms with van der Waals surface area (Å²) in [5.41, 5.74) is 0.288. The van der Waals surface area contributed by atoms with Crippen LogP contribution in [0.15, 0.2) is 96.4 Å². The van der Waals surface area contributed by atoms with E-state index in [4.69, 9.17) is 9.16 Å². The first-order valence-corrected chi connectivity index (χ1v) is 18.3. The summed E-state index contributed by atoms with van der Waals surface area (Å²) in [7, 11) is -2.72. The van der Waals surface area contributed by atoms with E-state index in [1.54, 1.807) is 23.6 Å². The molecule has 0 spiro atoms. The van der Waals surface area contributed by atoms with Gasteiger partial charge in [-0.1, -0.05) is 99.6 Å². The number of carbonyl (C=O) groups excluding carboxylic acids is 2. The molecule has 47 heavy (non-hydrogen) atoms. The second kappa shape index (κ2) is 13.4. The lowest BCUT2D eigenvalue weighted by molar-refractivity contribution is -0.575. The molecule has 2 aliphatic heterocycles. The molecule has 2 aliphatic rings. The molecular formula is C34H37N5O6SSi. The number of ether oxygens (including phenoxy) is 1. The lowest BCUT2D eigenvalue weighted by Crippen LogP contribution is -2.70. The van der Waals surface area contributed by atoms with Gasteiger partial charge in [0.2, 0.25) is 0 Å². The molecule has 13 heteroatoms. The van der Waals surface area contributed by atoms with Crippen molar-refractivity contribution in [1.82, 2.24) is 15.2 Å². The normalized spacial score (nSPS) is 16.1. The molecule has 2 saturated heterocycles. The number of imide groups is 1.